The van der Waals surface area contributed by atoms with Crippen LogP contribution in [-0.2, 0) is 6.54 Å². The standard InChI is InChI=1S/C13H17ClN4OS/c1-8(2)19-12-5-4-10(6-11(12)14)7-15-18-9(3)16-17-13(18)20/h4-6,8,15H,7H2,1-3H3,(H,17,20). The fourth-order valence-electron chi connectivity index (χ4n) is 1.74. The van der Waals surface area contributed by atoms with Crippen LogP contribution >= 0.6 is 23.8 Å². The van der Waals surface area contributed by atoms with Crippen LogP contribution in [0.1, 0.15) is 25.2 Å². The topological polar surface area (TPSA) is 54.9 Å². The quantitative estimate of drug-likeness (QED) is 0.831. The Labute approximate surface area is 127 Å². The highest BCUT2D eigenvalue weighted by Crippen LogP contribution is 2.26. The summed E-state index contributed by atoms with van der Waals surface area (Å²) in [7, 11) is 0. The number of ether oxygens (including phenoxy) is 1. The van der Waals surface area contributed by atoms with Crippen molar-refractivity contribution in [3.63, 3.8) is 0 Å². The summed E-state index contributed by atoms with van der Waals surface area (Å²) >= 11 is 11.3. The molecule has 1 aromatic carbocycles. The van der Waals surface area contributed by atoms with Gasteiger partial charge in [-0.1, -0.05) is 17.7 Å². The predicted molar refractivity (Wildman–Crippen MR) is 82.4 cm³/mol. The number of aromatic nitrogens is 3. The van der Waals surface area contributed by atoms with E-state index in [2.05, 4.69) is 15.6 Å². The van der Waals surface area contributed by atoms with Gasteiger partial charge in [0.15, 0.2) is 0 Å². The first-order valence-electron chi connectivity index (χ1n) is 6.30. The number of halogens is 1. The molecule has 0 aliphatic heterocycles. The van der Waals surface area contributed by atoms with E-state index < -0.39 is 0 Å². The lowest BCUT2D eigenvalue weighted by Crippen LogP contribution is -2.16. The number of benzene rings is 1. The molecule has 108 valence electrons. The molecule has 0 radical (unpaired) electrons. The van der Waals surface area contributed by atoms with Crippen LogP contribution < -0.4 is 10.2 Å². The van der Waals surface area contributed by atoms with Crippen LogP contribution in [0.5, 0.6) is 5.75 Å². The van der Waals surface area contributed by atoms with Crippen molar-refractivity contribution >= 4 is 23.8 Å². The minimum absolute atomic E-state index is 0.100. The van der Waals surface area contributed by atoms with E-state index >= 15 is 0 Å². The van der Waals surface area contributed by atoms with Crippen molar-refractivity contribution in [3.8, 4) is 5.75 Å². The zero-order valence-electron chi connectivity index (χ0n) is 11.6. The molecule has 2 N–H and O–H groups in total. The van der Waals surface area contributed by atoms with Gasteiger partial charge in [-0.25, -0.2) is 4.68 Å². The Bertz CT molecular complexity index is 650. The molecule has 5 nitrogen and oxygen atoms in total. The normalized spacial score (nSPS) is 10.8. The number of H-pyrrole nitrogens is 1. The lowest BCUT2D eigenvalue weighted by Gasteiger charge is -2.13. The van der Waals surface area contributed by atoms with Gasteiger partial charge < -0.3 is 10.2 Å². The Morgan fingerprint density at radius 2 is 2.25 bits per heavy atom. The molecular formula is C13H17ClN4OS. The van der Waals surface area contributed by atoms with Crippen molar-refractivity contribution < 1.29 is 4.74 Å². The summed E-state index contributed by atoms with van der Waals surface area (Å²) in [5, 5.41) is 7.35. The third-order valence-electron chi connectivity index (χ3n) is 2.64. The zero-order valence-corrected chi connectivity index (χ0v) is 13.2. The molecule has 2 aromatic rings. The molecule has 0 amide bonds. The molecule has 0 aliphatic carbocycles. The molecule has 20 heavy (non-hydrogen) atoms. The van der Waals surface area contributed by atoms with Crippen LogP contribution in [0, 0.1) is 11.7 Å². The van der Waals surface area contributed by atoms with Crippen molar-refractivity contribution in [3.05, 3.63) is 39.4 Å². The summed E-state index contributed by atoms with van der Waals surface area (Å²) in [5.74, 6) is 1.47. The highest BCUT2D eigenvalue weighted by molar-refractivity contribution is 7.71. The van der Waals surface area contributed by atoms with E-state index in [9.17, 15) is 0 Å². The molecular weight excluding hydrogens is 296 g/mol. The molecule has 0 unspecified atom stereocenters. The molecule has 0 bridgehead atoms. The third-order valence-corrected chi connectivity index (χ3v) is 3.21. The first-order valence-corrected chi connectivity index (χ1v) is 7.09. The average Bonchev–Trinajstić information content (AvgIpc) is 2.69. The van der Waals surface area contributed by atoms with Gasteiger partial charge in [0.05, 0.1) is 17.7 Å². The van der Waals surface area contributed by atoms with Crippen LogP contribution in [-0.4, -0.2) is 21.0 Å². The molecule has 7 heteroatoms. The van der Waals surface area contributed by atoms with Crippen LogP contribution in [0.15, 0.2) is 18.2 Å². The zero-order chi connectivity index (χ0) is 14.7. The monoisotopic (exact) mass is 312 g/mol. The number of nitrogens with one attached hydrogen (secondary N) is 2. The van der Waals surface area contributed by atoms with E-state index in [1.165, 1.54) is 0 Å². The molecule has 0 atom stereocenters. The van der Waals surface area contributed by atoms with Crippen molar-refractivity contribution in [1.82, 2.24) is 14.9 Å². The number of aromatic amines is 1. The summed E-state index contributed by atoms with van der Waals surface area (Å²) in [5.41, 5.74) is 4.22. The summed E-state index contributed by atoms with van der Waals surface area (Å²) < 4.78 is 7.86. The van der Waals surface area contributed by atoms with Crippen molar-refractivity contribution in [2.45, 2.75) is 33.4 Å². The maximum Gasteiger partial charge on any atom is 0.214 e. The Kier molecular flexibility index (Phi) is 4.67. The predicted octanol–water partition coefficient (Wildman–Crippen LogP) is 3.43. The molecule has 0 fully saturated rings. The molecule has 0 aliphatic rings. The molecule has 0 saturated heterocycles. The van der Waals surface area contributed by atoms with Gasteiger partial charge in [0.25, 0.3) is 0 Å². The summed E-state index contributed by atoms with van der Waals surface area (Å²) in [6.07, 6.45) is 0.100. The van der Waals surface area contributed by atoms with E-state index in [1.807, 2.05) is 39.0 Å². The Morgan fingerprint density at radius 3 is 2.80 bits per heavy atom. The summed E-state index contributed by atoms with van der Waals surface area (Å²) in [6, 6.07) is 5.72. The van der Waals surface area contributed by atoms with Crippen LogP contribution in [0.4, 0.5) is 0 Å². The fraction of sp³-hybridized carbons (Fsp3) is 0.385. The second kappa shape index (κ2) is 6.28. The largest absolute Gasteiger partial charge is 0.489 e. The van der Waals surface area contributed by atoms with Crippen LogP contribution in [0.25, 0.3) is 0 Å². The molecule has 2 rings (SSSR count). The maximum atomic E-state index is 6.20. The number of nitrogens with zero attached hydrogens (tertiary/aromatic N) is 2. The van der Waals surface area contributed by atoms with Crippen LogP contribution in [0.3, 0.4) is 0 Å². The van der Waals surface area contributed by atoms with Gasteiger partial charge in [0.2, 0.25) is 4.77 Å². The highest BCUT2D eigenvalue weighted by Gasteiger charge is 2.06. The fourth-order valence-corrected chi connectivity index (χ4v) is 2.23. The van der Waals surface area contributed by atoms with Crippen molar-refractivity contribution in [2.24, 2.45) is 0 Å². The molecule has 0 spiro atoms. The van der Waals surface area contributed by atoms with Gasteiger partial charge in [-0.15, -0.1) is 0 Å². The van der Waals surface area contributed by atoms with E-state index in [-0.39, 0.29) is 6.10 Å². The average molecular weight is 313 g/mol. The SMILES string of the molecule is Cc1n[nH]c(=S)n1NCc1ccc(OC(C)C)c(Cl)c1. The minimum Gasteiger partial charge on any atom is -0.489 e. The summed E-state index contributed by atoms with van der Waals surface area (Å²) in [6.45, 7) is 6.40. The number of hydrogen-bond acceptors (Lipinski definition) is 4. The molecule has 1 heterocycles. The number of rotatable bonds is 5. The summed E-state index contributed by atoms with van der Waals surface area (Å²) in [4.78, 5) is 0. The van der Waals surface area contributed by atoms with Gasteiger partial charge in [0.1, 0.15) is 11.6 Å². The van der Waals surface area contributed by atoms with E-state index in [0.717, 1.165) is 11.4 Å². The molecule has 1 aromatic heterocycles. The van der Waals surface area contributed by atoms with Crippen LogP contribution in [0.2, 0.25) is 5.02 Å². The second-order valence-electron chi connectivity index (χ2n) is 4.68. The van der Waals surface area contributed by atoms with E-state index in [1.54, 1.807) is 4.68 Å². The Balaban J connectivity index is 2.07. The first kappa shape index (κ1) is 14.9. The number of aryl methyl sites for hydroxylation is 1. The minimum atomic E-state index is 0.100. The number of hydrogen-bond donors (Lipinski definition) is 2. The Hall–Kier alpha value is -1.53. The van der Waals surface area contributed by atoms with Gasteiger partial charge >= 0.3 is 0 Å². The van der Waals surface area contributed by atoms with Gasteiger partial charge in [-0.3, -0.25) is 5.10 Å². The first-order chi connectivity index (χ1) is 9.47. The Morgan fingerprint density at radius 1 is 1.50 bits per heavy atom. The van der Waals surface area contributed by atoms with Crippen molar-refractivity contribution in [1.29, 1.82) is 0 Å². The van der Waals surface area contributed by atoms with Gasteiger partial charge in [-0.2, -0.15) is 5.10 Å². The molecule has 0 saturated carbocycles. The third kappa shape index (κ3) is 3.52. The second-order valence-corrected chi connectivity index (χ2v) is 5.47. The smallest absolute Gasteiger partial charge is 0.214 e. The van der Waals surface area contributed by atoms with Crippen molar-refractivity contribution in [2.75, 3.05) is 5.43 Å². The highest BCUT2D eigenvalue weighted by atomic mass is 35.5. The van der Waals surface area contributed by atoms with Gasteiger partial charge in [0, 0.05) is 0 Å². The van der Waals surface area contributed by atoms with E-state index in [0.29, 0.717) is 22.1 Å². The lowest BCUT2D eigenvalue weighted by atomic mass is 10.2. The lowest BCUT2D eigenvalue weighted by molar-refractivity contribution is 0.242. The van der Waals surface area contributed by atoms with E-state index in [4.69, 9.17) is 28.6 Å². The maximum absolute atomic E-state index is 6.20. The van der Waals surface area contributed by atoms with Gasteiger partial charge in [-0.05, 0) is 50.7 Å².